The SMILES string of the molecule is Cc1cc(C)c2nc(-c3ccccn3)cc(C(=O)Nc3ccc(C(=O)NCc4scnc4C)cc3)c2c1. The first-order valence-electron chi connectivity index (χ1n) is 11.8. The lowest BCUT2D eigenvalue weighted by Gasteiger charge is -2.13. The molecule has 0 bridgehead atoms. The number of nitrogens with zero attached hydrogens (tertiary/aromatic N) is 3. The van der Waals surface area contributed by atoms with Crippen molar-refractivity contribution in [2.45, 2.75) is 27.3 Å². The fraction of sp³-hybridized carbons (Fsp3) is 0.138. The Morgan fingerprint density at radius 1 is 0.892 bits per heavy atom. The van der Waals surface area contributed by atoms with E-state index in [9.17, 15) is 9.59 Å². The van der Waals surface area contributed by atoms with Crippen LogP contribution in [-0.4, -0.2) is 26.8 Å². The first-order valence-corrected chi connectivity index (χ1v) is 12.7. The normalized spacial score (nSPS) is 10.9. The first kappa shape index (κ1) is 24.3. The maximum atomic E-state index is 13.5. The van der Waals surface area contributed by atoms with Crippen LogP contribution in [0.1, 0.15) is 42.4 Å². The van der Waals surface area contributed by atoms with E-state index in [2.05, 4.69) is 26.7 Å². The Hall–Kier alpha value is -4.43. The van der Waals surface area contributed by atoms with Gasteiger partial charge in [0.25, 0.3) is 11.8 Å². The highest BCUT2D eigenvalue weighted by atomic mass is 32.1. The molecule has 7 nitrogen and oxygen atoms in total. The van der Waals surface area contributed by atoms with Crippen molar-refractivity contribution in [2.75, 3.05) is 5.32 Å². The van der Waals surface area contributed by atoms with E-state index in [1.54, 1.807) is 42.0 Å². The summed E-state index contributed by atoms with van der Waals surface area (Å²) in [6.07, 6.45) is 1.71. The van der Waals surface area contributed by atoms with E-state index in [0.29, 0.717) is 34.7 Å². The number of fused-ring (bicyclic) bond motifs is 1. The summed E-state index contributed by atoms with van der Waals surface area (Å²) in [5.41, 5.74) is 8.44. The molecule has 0 aliphatic heterocycles. The fourth-order valence-electron chi connectivity index (χ4n) is 4.18. The van der Waals surface area contributed by atoms with Gasteiger partial charge in [-0.1, -0.05) is 17.7 Å². The lowest BCUT2D eigenvalue weighted by atomic mass is 10.00. The van der Waals surface area contributed by atoms with Gasteiger partial charge in [-0.3, -0.25) is 14.6 Å². The van der Waals surface area contributed by atoms with Crippen molar-refractivity contribution < 1.29 is 9.59 Å². The zero-order valence-corrected chi connectivity index (χ0v) is 21.5. The number of carbonyl (C=O) groups is 2. The van der Waals surface area contributed by atoms with Crippen LogP contribution in [0.5, 0.6) is 0 Å². The molecule has 3 heterocycles. The van der Waals surface area contributed by atoms with Gasteiger partial charge in [0.1, 0.15) is 0 Å². The summed E-state index contributed by atoms with van der Waals surface area (Å²) in [6.45, 7) is 6.34. The third-order valence-corrected chi connectivity index (χ3v) is 7.01. The lowest BCUT2D eigenvalue weighted by molar-refractivity contribution is 0.0950. The fourth-order valence-corrected chi connectivity index (χ4v) is 4.89. The highest BCUT2D eigenvalue weighted by Crippen LogP contribution is 2.28. The van der Waals surface area contributed by atoms with E-state index in [0.717, 1.165) is 32.6 Å². The van der Waals surface area contributed by atoms with Gasteiger partial charge >= 0.3 is 0 Å². The number of aryl methyl sites for hydroxylation is 3. The summed E-state index contributed by atoms with van der Waals surface area (Å²) in [5.74, 6) is -0.441. The largest absolute Gasteiger partial charge is 0.347 e. The topological polar surface area (TPSA) is 96.9 Å². The number of benzene rings is 2. The van der Waals surface area contributed by atoms with Gasteiger partial charge in [0.2, 0.25) is 0 Å². The van der Waals surface area contributed by atoms with Crippen molar-refractivity contribution >= 4 is 39.7 Å². The number of carbonyl (C=O) groups excluding carboxylic acids is 2. The summed E-state index contributed by atoms with van der Waals surface area (Å²) in [4.78, 5) is 40.5. The summed E-state index contributed by atoms with van der Waals surface area (Å²) >= 11 is 1.51. The van der Waals surface area contributed by atoms with Crippen LogP contribution in [0.25, 0.3) is 22.3 Å². The minimum Gasteiger partial charge on any atom is -0.347 e. The van der Waals surface area contributed by atoms with Crippen LogP contribution >= 0.6 is 11.3 Å². The second kappa shape index (κ2) is 10.3. The van der Waals surface area contributed by atoms with Gasteiger partial charge in [-0.05, 0) is 74.9 Å². The summed E-state index contributed by atoms with van der Waals surface area (Å²) < 4.78 is 0. The third-order valence-electron chi connectivity index (χ3n) is 6.08. The summed E-state index contributed by atoms with van der Waals surface area (Å²) in [7, 11) is 0. The van der Waals surface area contributed by atoms with Crippen molar-refractivity contribution in [3.63, 3.8) is 0 Å². The number of pyridine rings is 2. The molecular weight excluding hydrogens is 482 g/mol. The Morgan fingerprint density at radius 3 is 2.41 bits per heavy atom. The highest BCUT2D eigenvalue weighted by Gasteiger charge is 2.17. The van der Waals surface area contributed by atoms with Crippen LogP contribution in [0, 0.1) is 20.8 Å². The molecule has 0 unspecified atom stereocenters. The molecular formula is C29H25N5O2S. The number of hydrogen-bond acceptors (Lipinski definition) is 6. The molecule has 0 atom stereocenters. The first-order chi connectivity index (χ1) is 17.9. The third kappa shape index (κ3) is 5.24. The Morgan fingerprint density at radius 2 is 1.70 bits per heavy atom. The van der Waals surface area contributed by atoms with Gasteiger partial charge in [0.05, 0.1) is 40.2 Å². The molecule has 0 radical (unpaired) electrons. The van der Waals surface area contributed by atoms with Crippen LogP contribution in [-0.2, 0) is 6.54 Å². The molecule has 0 saturated carbocycles. The number of nitrogens with one attached hydrogen (secondary N) is 2. The summed E-state index contributed by atoms with van der Waals surface area (Å²) in [5, 5.41) is 6.66. The van der Waals surface area contributed by atoms with E-state index < -0.39 is 0 Å². The number of aromatic nitrogens is 3. The number of rotatable bonds is 6. The Balaban J connectivity index is 1.39. The molecule has 2 N–H and O–H groups in total. The molecule has 2 amide bonds. The quantitative estimate of drug-likeness (QED) is 0.300. The number of thiazole rings is 1. The smallest absolute Gasteiger partial charge is 0.256 e. The molecule has 37 heavy (non-hydrogen) atoms. The Bertz CT molecular complexity index is 1610. The monoisotopic (exact) mass is 507 g/mol. The van der Waals surface area contributed by atoms with E-state index in [1.807, 2.05) is 45.0 Å². The van der Waals surface area contributed by atoms with Gasteiger partial charge in [-0.15, -0.1) is 11.3 Å². The molecule has 2 aromatic carbocycles. The van der Waals surface area contributed by atoms with Crippen LogP contribution in [0.2, 0.25) is 0 Å². The molecule has 5 rings (SSSR count). The molecule has 0 spiro atoms. The molecule has 3 aromatic heterocycles. The number of hydrogen-bond donors (Lipinski definition) is 2. The molecule has 0 aliphatic carbocycles. The van der Waals surface area contributed by atoms with Crippen molar-refractivity contribution in [3.05, 3.63) is 105 Å². The molecule has 8 heteroatoms. The maximum absolute atomic E-state index is 13.5. The lowest BCUT2D eigenvalue weighted by Crippen LogP contribution is -2.22. The average molecular weight is 508 g/mol. The molecule has 0 aliphatic rings. The zero-order chi connectivity index (χ0) is 25.9. The van der Waals surface area contributed by atoms with E-state index in [-0.39, 0.29) is 11.8 Å². The molecule has 0 saturated heterocycles. The van der Waals surface area contributed by atoms with Crippen molar-refractivity contribution in [2.24, 2.45) is 0 Å². The van der Waals surface area contributed by atoms with Crippen molar-refractivity contribution in [1.29, 1.82) is 0 Å². The van der Waals surface area contributed by atoms with Gasteiger partial charge in [0.15, 0.2) is 0 Å². The molecule has 5 aromatic rings. The van der Waals surface area contributed by atoms with E-state index >= 15 is 0 Å². The van der Waals surface area contributed by atoms with Gasteiger partial charge in [-0.2, -0.15) is 0 Å². The minimum absolute atomic E-state index is 0.184. The zero-order valence-electron chi connectivity index (χ0n) is 20.7. The average Bonchev–Trinajstić information content (AvgIpc) is 3.32. The second-order valence-electron chi connectivity index (χ2n) is 8.82. The minimum atomic E-state index is -0.257. The van der Waals surface area contributed by atoms with Crippen LogP contribution in [0.3, 0.4) is 0 Å². The van der Waals surface area contributed by atoms with Crippen molar-refractivity contribution in [3.8, 4) is 11.4 Å². The van der Waals surface area contributed by atoms with Crippen LogP contribution in [0.15, 0.2) is 72.4 Å². The maximum Gasteiger partial charge on any atom is 0.256 e. The van der Waals surface area contributed by atoms with Crippen LogP contribution < -0.4 is 10.6 Å². The second-order valence-corrected chi connectivity index (χ2v) is 9.76. The van der Waals surface area contributed by atoms with Gasteiger partial charge < -0.3 is 10.6 Å². The summed E-state index contributed by atoms with van der Waals surface area (Å²) in [6, 6.07) is 18.3. The standard InChI is InChI=1S/C29H25N5O2S/c1-17-12-18(2)27-22(13-17)23(14-25(34-27)24-6-4-5-11-30-24)29(36)33-21-9-7-20(8-10-21)28(35)31-15-26-19(3)32-16-37-26/h4-14,16H,15H2,1-3H3,(H,31,35)(H,33,36). The Labute approximate surface area is 218 Å². The molecule has 184 valence electrons. The van der Waals surface area contributed by atoms with E-state index in [1.165, 1.54) is 11.3 Å². The molecule has 0 fully saturated rings. The number of anilines is 1. The number of amides is 2. The highest BCUT2D eigenvalue weighted by molar-refractivity contribution is 7.09. The predicted molar refractivity (Wildman–Crippen MR) is 147 cm³/mol. The van der Waals surface area contributed by atoms with Gasteiger partial charge in [-0.25, -0.2) is 9.97 Å². The Kier molecular flexibility index (Phi) is 6.74. The predicted octanol–water partition coefficient (Wildman–Crippen LogP) is 5.86. The van der Waals surface area contributed by atoms with Gasteiger partial charge in [0, 0.05) is 27.7 Å². The van der Waals surface area contributed by atoms with E-state index in [4.69, 9.17) is 4.98 Å². The van der Waals surface area contributed by atoms with Crippen molar-refractivity contribution in [1.82, 2.24) is 20.3 Å². The van der Waals surface area contributed by atoms with Crippen LogP contribution in [0.4, 0.5) is 5.69 Å².